The molecule has 0 amide bonds. The first-order chi connectivity index (χ1) is 6.74. The minimum atomic E-state index is 0.0271. The number of thioether (sulfide) groups is 1. The van der Waals surface area contributed by atoms with Gasteiger partial charge in [-0.2, -0.15) is 0 Å². The van der Waals surface area contributed by atoms with Crippen LogP contribution in [-0.2, 0) is 9.53 Å². The number of rotatable bonds is 5. The van der Waals surface area contributed by atoms with E-state index in [0.29, 0.717) is 15.8 Å². The fourth-order valence-electron chi connectivity index (χ4n) is 0.829. The molecule has 0 radical (unpaired) electrons. The van der Waals surface area contributed by atoms with Crippen molar-refractivity contribution >= 4 is 29.1 Å². The van der Waals surface area contributed by atoms with Crippen molar-refractivity contribution < 1.29 is 9.53 Å². The van der Waals surface area contributed by atoms with E-state index in [9.17, 15) is 4.79 Å². The van der Waals surface area contributed by atoms with Crippen molar-refractivity contribution in [3.63, 3.8) is 0 Å². The van der Waals surface area contributed by atoms with Crippen LogP contribution in [-0.4, -0.2) is 30.2 Å². The van der Waals surface area contributed by atoms with Crippen molar-refractivity contribution in [3.05, 3.63) is 23.4 Å². The quantitative estimate of drug-likeness (QED) is 0.727. The molecule has 0 spiro atoms. The van der Waals surface area contributed by atoms with Gasteiger partial charge in [0.25, 0.3) is 0 Å². The average molecular weight is 232 g/mol. The second kappa shape index (κ2) is 6.01. The molecular formula is C9H10ClNO2S. The Bertz CT molecular complexity index is 319. The molecule has 0 aromatic carbocycles. The first-order valence-electron chi connectivity index (χ1n) is 3.98. The minimum Gasteiger partial charge on any atom is -0.377 e. The SMILES string of the molecule is COCC(=O)CSc1ncccc1Cl. The van der Waals surface area contributed by atoms with E-state index in [1.165, 1.54) is 18.9 Å². The fraction of sp³-hybridized carbons (Fsp3) is 0.333. The highest BCUT2D eigenvalue weighted by atomic mass is 35.5. The zero-order chi connectivity index (χ0) is 10.4. The summed E-state index contributed by atoms with van der Waals surface area (Å²) in [6.07, 6.45) is 1.65. The van der Waals surface area contributed by atoms with Gasteiger partial charge in [-0.25, -0.2) is 4.98 Å². The Hall–Kier alpha value is -0.580. The fourth-order valence-corrected chi connectivity index (χ4v) is 1.84. The van der Waals surface area contributed by atoms with Crippen molar-refractivity contribution in [2.24, 2.45) is 0 Å². The first kappa shape index (κ1) is 11.5. The van der Waals surface area contributed by atoms with Crippen LogP contribution in [0.15, 0.2) is 23.4 Å². The van der Waals surface area contributed by atoms with Gasteiger partial charge in [0, 0.05) is 13.3 Å². The molecule has 14 heavy (non-hydrogen) atoms. The smallest absolute Gasteiger partial charge is 0.168 e. The number of nitrogens with zero attached hydrogens (tertiary/aromatic N) is 1. The number of pyridine rings is 1. The maximum atomic E-state index is 11.1. The third kappa shape index (κ3) is 3.65. The molecule has 1 aromatic heterocycles. The molecule has 1 rings (SSSR count). The molecule has 0 saturated carbocycles. The predicted molar refractivity (Wildman–Crippen MR) is 56.9 cm³/mol. The Morgan fingerprint density at radius 3 is 3.14 bits per heavy atom. The van der Waals surface area contributed by atoms with Gasteiger partial charge in [-0.1, -0.05) is 23.4 Å². The number of hydrogen-bond acceptors (Lipinski definition) is 4. The average Bonchev–Trinajstić information content (AvgIpc) is 2.17. The highest BCUT2D eigenvalue weighted by Gasteiger charge is 2.05. The highest BCUT2D eigenvalue weighted by Crippen LogP contribution is 2.23. The molecule has 1 heterocycles. The number of Topliss-reactive ketones (excluding diaryl/α,β-unsaturated/α-hetero) is 1. The van der Waals surface area contributed by atoms with Crippen molar-refractivity contribution in [1.29, 1.82) is 0 Å². The number of carbonyl (C=O) groups is 1. The lowest BCUT2D eigenvalue weighted by Crippen LogP contribution is -2.09. The molecule has 0 aliphatic rings. The number of aromatic nitrogens is 1. The molecule has 3 nitrogen and oxygen atoms in total. The second-order valence-electron chi connectivity index (χ2n) is 2.55. The third-order valence-corrected chi connectivity index (χ3v) is 2.88. The van der Waals surface area contributed by atoms with Crippen LogP contribution in [0.4, 0.5) is 0 Å². The van der Waals surface area contributed by atoms with Crippen LogP contribution < -0.4 is 0 Å². The molecule has 0 aliphatic heterocycles. The van der Waals surface area contributed by atoms with Gasteiger partial charge >= 0.3 is 0 Å². The first-order valence-corrected chi connectivity index (χ1v) is 5.34. The van der Waals surface area contributed by atoms with Gasteiger partial charge in [-0.15, -0.1) is 0 Å². The van der Waals surface area contributed by atoms with E-state index >= 15 is 0 Å². The number of carbonyl (C=O) groups excluding carboxylic acids is 1. The zero-order valence-electron chi connectivity index (χ0n) is 7.70. The number of hydrogen-bond donors (Lipinski definition) is 0. The molecule has 0 saturated heterocycles. The van der Waals surface area contributed by atoms with Gasteiger partial charge < -0.3 is 4.74 Å². The van der Waals surface area contributed by atoms with E-state index in [1.807, 2.05) is 0 Å². The largest absolute Gasteiger partial charge is 0.377 e. The molecule has 0 fully saturated rings. The minimum absolute atomic E-state index is 0.0271. The van der Waals surface area contributed by atoms with E-state index in [4.69, 9.17) is 16.3 Å². The summed E-state index contributed by atoms with van der Waals surface area (Å²) in [5.74, 6) is 0.365. The van der Waals surface area contributed by atoms with Crippen LogP contribution >= 0.6 is 23.4 Å². The number of methoxy groups -OCH3 is 1. The van der Waals surface area contributed by atoms with Gasteiger partial charge in [0.05, 0.1) is 10.8 Å². The van der Waals surface area contributed by atoms with Crippen molar-refractivity contribution in [2.45, 2.75) is 5.03 Å². The summed E-state index contributed by atoms with van der Waals surface area (Å²) in [4.78, 5) is 15.2. The molecule has 76 valence electrons. The van der Waals surface area contributed by atoms with E-state index < -0.39 is 0 Å². The topological polar surface area (TPSA) is 39.2 Å². The van der Waals surface area contributed by atoms with Gasteiger partial charge in [-0.3, -0.25) is 4.79 Å². The van der Waals surface area contributed by atoms with E-state index in [2.05, 4.69) is 4.98 Å². The molecular weight excluding hydrogens is 222 g/mol. The van der Waals surface area contributed by atoms with Crippen LogP contribution in [0.5, 0.6) is 0 Å². The van der Waals surface area contributed by atoms with Crippen LogP contribution in [0.2, 0.25) is 5.02 Å². The van der Waals surface area contributed by atoms with E-state index in [0.717, 1.165) is 0 Å². The summed E-state index contributed by atoms with van der Waals surface area (Å²) < 4.78 is 4.71. The summed E-state index contributed by atoms with van der Waals surface area (Å²) in [5.41, 5.74) is 0. The summed E-state index contributed by atoms with van der Waals surface area (Å²) in [6.45, 7) is 0.136. The van der Waals surface area contributed by atoms with Gasteiger partial charge in [0.2, 0.25) is 0 Å². The van der Waals surface area contributed by atoms with Crippen LogP contribution in [0.25, 0.3) is 0 Å². The van der Waals surface area contributed by atoms with Crippen LogP contribution in [0.3, 0.4) is 0 Å². The summed E-state index contributed by atoms with van der Waals surface area (Å²) >= 11 is 7.18. The lowest BCUT2D eigenvalue weighted by atomic mass is 10.5. The molecule has 0 N–H and O–H groups in total. The number of ether oxygens (including phenoxy) is 1. The van der Waals surface area contributed by atoms with Crippen molar-refractivity contribution in [2.75, 3.05) is 19.5 Å². The highest BCUT2D eigenvalue weighted by molar-refractivity contribution is 8.00. The Morgan fingerprint density at radius 2 is 2.50 bits per heavy atom. The maximum absolute atomic E-state index is 11.1. The Kier molecular flexibility index (Phi) is 4.93. The Balaban J connectivity index is 2.46. The molecule has 0 aliphatic carbocycles. The lowest BCUT2D eigenvalue weighted by Gasteiger charge is -2.01. The van der Waals surface area contributed by atoms with E-state index in [1.54, 1.807) is 18.3 Å². The van der Waals surface area contributed by atoms with Gasteiger partial charge in [-0.05, 0) is 12.1 Å². The van der Waals surface area contributed by atoms with Crippen LogP contribution in [0, 0.1) is 0 Å². The monoisotopic (exact) mass is 231 g/mol. The normalized spacial score (nSPS) is 10.1. The van der Waals surface area contributed by atoms with Gasteiger partial charge in [0.1, 0.15) is 11.6 Å². The maximum Gasteiger partial charge on any atom is 0.168 e. The molecule has 0 unspecified atom stereocenters. The van der Waals surface area contributed by atoms with Crippen LogP contribution in [0.1, 0.15) is 0 Å². The molecule has 0 bridgehead atoms. The van der Waals surface area contributed by atoms with E-state index in [-0.39, 0.29) is 12.4 Å². The molecule has 1 aromatic rings. The summed E-state index contributed by atoms with van der Waals surface area (Å²) in [5, 5.41) is 1.25. The Labute approximate surface area is 91.8 Å². The lowest BCUT2D eigenvalue weighted by molar-refractivity contribution is -0.120. The Morgan fingerprint density at radius 1 is 1.71 bits per heavy atom. The predicted octanol–water partition coefficient (Wildman–Crippen LogP) is 2.04. The van der Waals surface area contributed by atoms with Crippen molar-refractivity contribution in [1.82, 2.24) is 4.98 Å². The molecule has 0 atom stereocenters. The standard InChI is InChI=1S/C9H10ClNO2S/c1-13-5-7(12)6-14-9-8(10)3-2-4-11-9/h2-4H,5-6H2,1H3. The van der Waals surface area contributed by atoms with Crippen molar-refractivity contribution in [3.8, 4) is 0 Å². The van der Waals surface area contributed by atoms with Gasteiger partial charge in [0.15, 0.2) is 5.78 Å². The number of halogens is 1. The second-order valence-corrected chi connectivity index (χ2v) is 3.92. The number of ketones is 1. The summed E-state index contributed by atoms with van der Waals surface area (Å²) in [6, 6.07) is 3.50. The molecule has 5 heteroatoms. The zero-order valence-corrected chi connectivity index (χ0v) is 9.27. The third-order valence-electron chi connectivity index (χ3n) is 1.40. The summed E-state index contributed by atoms with van der Waals surface area (Å²) in [7, 11) is 1.50.